The molecule has 1 atom stereocenters. The van der Waals surface area contributed by atoms with Gasteiger partial charge in [-0.3, -0.25) is 11.3 Å². The Kier molecular flexibility index (Phi) is 5.02. The topological polar surface area (TPSA) is 38.0 Å². The van der Waals surface area contributed by atoms with Gasteiger partial charge in [0.1, 0.15) is 0 Å². The maximum absolute atomic E-state index is 5.70. The van der Waals surface area contributed by atoms with E-state index >= 15 is 0 Å². The Morgan fingerprint density at radius 3 is 2.25 bits per heavy atom. The highest BCUT2D eigenvalue weighted by molar-refractivity contribution is 9.11. The lowest BCUT2D eigenvalue weighted by Gasteiger charge is -2.20. The van der Waals surface area contributed by atoms with Crippen molar-refractivity contribution < 1.29 is 0 Å². The smallest absolute Gasteiger partial charge is 0.0702 e. The Balaban J connectivity index is 2.12. The molecule has 20 heavy (non-hydrogen) atoms. The average Bonchev–Trinajstić information content (AvgIpc) is 2.82. The molecule has 3 N–H and O–H groups in total. The second kappa shape index (κ2) is 6.39. The molecule has 4 heteroatoms. The van der Waals surface area contributed by atoms with E-state index in [4.69, 9.17) is 5.84 Å². The van der Waals surface area contributed by atoms with Crippen molar-refractivity contribution in [1.29, 1.82) is 0 Å². The molecule has 0 fully saturated rings. The Hall–Kier alpha value is -0.680. The van der Waals surface area contributed by atoms with Gasteiger partial charge >= 0.3 is 0 Å². The van der Waals surface area contributed by atoms with Crippen molar-refractivity contribution in [2.75, 3.05) is 0 Å². The molecule has 0 aliphatic carbocycles. The molecule has 1 aromatic carbocycles. The number of halogens is 1. The van der Waals surface area contributed by atoms with Crippen LogP contribution in [0.25, 0.3) is 0 Å². The fourth-order valence-electron chi connectivity index (χ4n) is 2.13. The summed E-state index contributed by atoms with van der Waals surface area (Å²) in [7, 11) is 0. The second-order valence-corrected chi connectivity index (χ2v) is 8.51. The zero-order valence-electron chi connectivity index (χ0n) is 12.1. The van der Waals surface area contributed by atoms with E-state index < -0.39 is 0 Å². The lowest BCUT2D eigenvalue weighted by atomic mass is 9.86. The Morgan fingerprint density at radius 2 is 1.80 bits per heavy atom. The predicted molar refractivity (Wildman–Crippen MR) is 90.9 cm³/mol. The van der Waals surface area contributed by atoms with Crippen LogP contribution in [0, 0.1) is 0 Å². The highest BCUT2D eigenvalue weighted by Crippen LogP contribution is 2.29. The number of nitrogens with two attached hydrogens (primary N) is 1. The first-order valence-electron chi connectivity index (χ1n) is 6.71. The van der Waals surface area contributed by atoms with Crippen molar-refractivity contribution >= 4 is 27.3 Å². The Morgan fingerprint density at radius 1 is 1.15 bits per heavy atom. The van der Waals surface area contributed by atoms with Crippen molar-refractivity contribution in [3.05, 3.63) is 56.2 Å². The summed E-state index contributed by atoms with van der Waals surface area (Å²) in [6.45, 7) is 6.69. The average molecular weight is 353 g/mol. The summed E-state index contributed by atoms with van der Waals surface area (Å²) in [5, 5.41) is 0. The second-order valence-electron chi connectivity index (χ2n) is 6.01. The number of thiophene rings is 1. The van der Waals surface area contributed by atoms with Crippen molar-refractivity contribution in [2.45, 2.75) is 38.6 Å². The number of hydrogen-bond donors (Lipinski definition) is 2. The monoisotopic (exact) mass is 352 g/mol. The van der Waals surface area contributed by atoms with Crippen molar-refractivity contribution in [3.8, 4) is 0 Å². The molecule has 1 unspecified atom stereocenters. The fourth-order valence-corrected chi connectivity index (χ4v) is 3.62. The lowest BCUT2D eigenvalue weighted by Crippen LogP contribution is -2.28. The Labute approximate surface area is 133 Å². The van der Waals surface area contributed by atoms with E-state index in [2.05, 4.69) is 78.5 Å². The van der Waals surface area contributed by atoms with E-state index in [1.54, 1.807) is 11.3 Å². The van der Waals surface area contributed by atoms with Crippen LogP contribution in [0.2, 0.25) is 0 Å². The Bertz CT molecular complexity index is 555. The minimum Gasteiger partial charge on any atom is -0.271 e. The highest BCUT2D eigenvalue weighted by Gasteiger charge is 2.15. The van der Waals surface area contributed by atoms with E-state index in [-0.39, 0.29) is 11.5 Å². The first-order chi connectivity index (χ1) is 9.40. The van der Waals surface area contributed by atoms with Crippen LogP contribution in [-0.4, -0.2) is 0 Å². The minimum atomic E-state index is 0.159. The van der Waals surface area contributed by atoms with Crippen molar-refractivity contribution in [3.63, 3.8) is 0 Å². The number of nitrogens with one attached hydrogen (secondary N) is 1. The van der Waals surface area contributed by atoms with Crippen LogP contribution in [-0.2, 0) is 11.8 Å². The van der Waals surface area contributed by atoms with Gasteiger partial charge in [-0.05, 0) is 51.0 Å². The molecule has 0 saturated carbocycles. The van der Waals surface area contributed by atoms with Gasteiger partial charge in [-0.2, -0.15) is 0 Å². The molecule has 108 valence electrons. The molecule has 0 saturated heterocycles. The van der Waals surface area contributed by atoms with Gasteiger partial charge in [-0.1, -0.05) is 45.0 Å². The molecule has 2 aromatic rings. The summed E-state index contributed by atoms with van der Waals surface area (Å²) < 4.78 is 1.14. The van der Waals surface area contributed by atoms with Gasteiger partial charge in [0.15, 0.2) is 0 Å². The number of benzene rings is 1. The van der Waals surface area contributed by atoms with Gasteiger partial charge < -0.3 is 0 Å². The third kappa shape index (κ3) is 3.92. The van der Waals surface area contributed by atoms with Gasteiger partial charge in [0.05, 0.1) is 9.83 Å². The zero-order valence-corrected chi connectivity index (χ0v) is 14.5. The van der Waals surface area contributed by atoms with Crippen LogP contribution in [0.1, 0.15) is 42.8 Å². The maximum Gasteiger partial charge on any atom is 0.0702 e. The van der Waals surface area contributed by atoms with Gasteiger partial charge in [-0.15, -0.1) is 11.3 Å². The summed E-state index contributed by atoms with van der Waals surface area (Å²) in [6.07, 6.45) is 0.897. The van der Waals surface area contributed by atoms with E-state index in [0.29, 0.717) is 0 Å². The van der Waals surface area contributed by atoms with Crippen LogP contribution < -0.4 is 11.3 Å². The molecular formula is C16H21BrN2S. The van der Waals surface area contributed by atoms with Gasteiger partial charge in [0.2, 0.25) is 0 Å². The number of hydrazine groups is 1. The van der Waals surface area contributed by atoms with Crippen LogP contribution in [0.5, 0.6) is 0 Å². The fraction of sp³-hybridized carbons (Fsp3) is 0.375. The largest absolute Gasteiger partial charge is 0.271 e. The molecule has 0 spiro atoms. The van der Waals surface area contributed by atoms with Crippen LogP contribution in [0.15, 0.2) is 40.2 Å². The molecule has 0 aliphatic rings. The molecule has 0 aliphatic heterocycles. The van der Waals surface area contributed by atoms with Crippen LogP contribution >= 0.6 is 27.3 Å². The third-order valence-corrected chi connectivity index (χ3v) is 5.14. The first kappa shape index (κ1) is 15.7. The van der Waals surface area contributed by atoms with Crippen LogP contribution in [0.3, 0.4) is 0 Å². The van der Waals surface area contributed by atoms with E-state index in [1.165, 1.54) is 16.0 Å². The third-order valence-electron chi connectivity index (χ3n) is 3.40. The summed E-state index contributed by atoms with van der Waals surface area (Å²) in [5.41, 5.74) is 5.77. The summed E-state index contributed by atoms with van der Waals surface area (Å²) in [4.78, 5) is 1.25. The van der Waals surface area contributed by atoms with Crippen LogP contribution in [0.4, 0.5) is 0 Å². The predicted octanol–water partition coefficient (Wildman–Crippen LogP) is 4.56. The van der Waals surface area contributed by atoms with Gasteiger partial charge in [-0.25, -0.2) is 0 Å². The highest BCUT2D eigenvalue weighted by atomic mass is 79.9. The molecular weight excluding hydrogens is 332 g/mol. The molecule has 0 bridgehead atoms. The minimum absolute atomic E-state index is 0.159. The van der Waals surface area contributed by atoms with E-state index in [0.717, 1.165) is 10.2 Å². The first-order valence-corrected chi connectivity index (χ1v) is 8.32. The van der Waals surface area contributed by atoms with Gasteiger partial charge in [0.25, 0.3) is 0 Å². The zero-order chi connectivity index (χ0) is 14.8. The summed E-state index contributed by atoms with van der Waals surface area (Å²) >= 11 is 5.22. The molecule has 1 aromatic heterocycles. The SMILES string of the molecule is CC(C)(C)c1ccc(CC(NN)c2ccc(Br)s2)cc1. The molecule has 1 heterocycles. The lowest BCUT2D eigenvalue weighted by molar-refractivity contribution is 0.559. The summed E-state index contributed by atoms with van der Waals surface area (Å²) in [5.74, 6) is 5.70. The molecule has 0 radical (unpaired) electrons. The molecule has 0 amide bonds. The summed E-state index contributed by atoms with van der Waals surface area (Å²) in [6, 6.07) is 13.2. The normalized spacial score (nSPS) is 13.4. The number of rotatable bonds is 4. The van der Waals surface area contributed by atoms with E-state index in [1.807, 2.05) is 0 Å². The maximum atomic E-state index is 5.70. The van der Waals surface area contributed by atoms with Crippen molar-refractivity contribution in [1.82, 2.24) is 5.43 Å². The van der Waals surface area contributed by atoms with E-state index in [9.17, 15) is 0 Å². The quantitative estimate of drug-likeness (QED) is 0.625. The standard InChI is InChI=1S/C16H21BrN2S/c1-16(2,3)12-6-4-11(5-7-12)10-13(19-18)14-8-9-15(17)20-14/h4-9,13,19H,10,18H2,1-3H3. The molecule has 2 rings (SSSR count). The van der Waals surface area contributed by atoms with Crippen molar-refractivity contribution in [2.24, 2.45) is 5.84 Å². The molecule has 2 nitrogen and oxygen atoms in total. The number of hydrogen-bond acceptors (Lipinski definition) is 3. The van der Waals surface area contributed by atoms with Gasteiger partial charge in [0, 0.05) is 4.88 Å².